The minimum atomic E-state index is -0.583. The van der Waals surface area contributed by atoms with Crippen LogP contribution in [0.25, 0.3) is 0 Å². The lowest BCUT2D eigenvalue weighted by Crippen LogP contribution is -2.25. The molecule has 0 heterocycles. The molecule has 0 radical (unpaired) electrons. The Morgan fingerprint density at radius 3 is 2.81 bits per heavy atom. The number of nitrogens with zero attached hydrogens (tertiary/aromatic N) is 2. The second kappa shape index (κ2) is 9.68. The molecule has 0 fully saturated rings. The van der Waals surface area contributed by atoms with Gasteiger partial charge in [-0.1, -0.05) is 49.7 Å². The van der Waals surface area contributed by atoms with E-state index in [0.717, 1.165) is 12.0 Å². The van der Waals surface area contributed by atoms with E-state index in [1.54, 1.807) is 6.07 Å². The van der Waals surface area contributed by atoms with Gasteiger partial charge in [-0.15, -0.1) is 0 Å². The van der Waals surface area contributed by atoms with E-state index < -0.39 is 10.8 Å². The van der Waals surface area contributed by atoms with E-state index in [9.17, 15) is 14.9 Å². The molecule has 27 heavy (non-hydrogen) atoms. The molecule has 0 aliphatic carbocycles. The number of hydrogen-bond acceptors (Lipinski definition) is 5. The Morgan fingerprint density at radius 2 is 2.11 bits per heavy atom. The lowest BCUT2D eigenvalue weighted by Gasteiger charge is -2.15. The summed E-state index contributed by atoms with van der Waals surface area (Å²) in [5.74, 6) is 0.552. The van der Waals surface area contributed by atoms with Crippen molar-refractivity contribution in [2.75, 3.05) is 6.61 Å². The zero-order valence-electron chi connectivity index (χ0n) is 15.0. The van der Waals surface area contributed by atoms with Crippen LogP contribution < -0.4 is 10.2 Å². The SMILES string of the molecule is CCC(C)c1ccccc1OCC(=O)NN=Cc1ccc(Cl)c([N+](=O)[O-])c1. The van der Waals surface area contributed by atoms with Crippen LogP contribution >= 0.6 is 11.6 Å². The van der Waals surface area contributed by atoms with E-state index in [0.29, 0.717) is 17.2 Å². The first kappa shape index (κ1) is 20.4. The highest BCUT2D eigenvalue weighted by Gasteiger charge is 2.12. The second-order valence-electron chi connectivity index (χ2n) is 5.90. The Balaban J connectivity index is 1.93. The van der Waals surface area contributed by atoms with Crippen molar-refractivity contribution in [2.45, 2.75) is 26.2 Å². The fourth-order valence-corrected chi connectivity index (χ4v) is 2.53. The summed E-state index contributed by atoms with van der Waals surface area (Å²) in [7, 11) is 0. The number of benzene rings is 2. The first-order chi connectivity index (χ1) is 12.9. The van der Waals surface area contributed by atoms with E-state index in [2.05, 4.69) is 24.4 Å². The third-order valence-corrected chi connectivity index (χ3v) is 4.31. The molecule has 0 aliphatic rings. The van der Waals surface area contributed by atoms with Crippen LogP contribution in [0.2, 0.25) is 5.02 Å². The number of hydrazone groups is 1. The minimum Gasteiger partial charge on any atom is -0.483 e. The molecule has 1 amide bonds. The molecule has 0 saturated carbocycles. The van der Waals surface area contributed by atoms with Gasteiger partial charge in [0.1, 0.15) is 10.8 Å². The highest BCUT2D eigenvalue weighted by atomic mass is 35.5. The molecule has 2 rings (SSSR count). The van der Waals surface area contributed by atoms with E-state index in [1.807, 2.05) is 24.3 Å². The van der Waals surface area contributed by atoms with Crippen LogP contribution in [-0.2, 0) is 4.79 Å². The summed E-state index contributed by atoms with van der Waals surface area (Å²) >= 11 is 5.75. The predicted octanol–water partition coefficient (Wildman–Crippen LogP) is 4.29. The van der Waals surface area contributed by atoms with Crippen molar-refractivity contribution in [3.8, 4) is 5.75 Å². The van der Waals surface area contributed by atoms with Crippen LogP contribution in [0.1, 0.15) is 37.3 Å². The van der Waals surface area contributed by atoms with Gasteiger partial charge in [-0.2, -0.15) is 5.10 Å². The number of nitro groups is 1. The first-order valence-electron chi connectivity index (χ1n) is 8.40. The summed E-state index contributed by atoms with van der Waals surface area (Å²) < 4.78 is 5.60. The molecule has 1 atom stereocenters. The van der Waals surface area contributed by atoms with Gasteiger partial charge in [-0.05, 0) is 30.0 Å². The average molecular weight is 390 g/mol. The predicted molar refractivity (Wildman–Crippen MR) is 104 cm³/mol. The first-order valence-corrected chi connectivity index (χ1v) is 8.77. The summed E-state index contributed by atoms with van der Waals surface area (Å²) in [6.07, 6.45) is 2.26. The van der Waals surface area contributed by atoms with Gasteiger partial charge in [0.15, 0.2) is 6.61 Å². The summed E-state index contributed by atoms with van der Waals surface area (Å²) in [5.41, 5.74) is 3.59. The van der Waals surface area contributed by atoms with Crippen LogP contribution in [0, 0.1) is 10.1 Å². The molecular weight excluding hydrogens is 370 g/mol. The second-order valence-corrected chi connectivity index (χ2v) is 6.30. The molecular formula is C19H20ClN3O4. The maximum absolute atomic E-state index is 11.9. The maximum Gasteiger partial charge on any atom is 0.288 e. The fourth-order valence-electron chi connectivity index (χ4n) is 2.34. The van der Waals surface area contributed by atoms with Crippen molar-refractivity contribution in [3.63, 3.8) is 0 Å². The number of nitrogens with one attached hydrogen (secondary N) is 1. The van der Waals surface area contributed by atoms with Crippen molar-refractivity contribution in [1.29, 1.82) is 0 Å². The maximum atomic E-state index is 11.9. The molecule has 8 heteroatoms. The summed E-state index contributed by atoms with van der Waals surface area (Å²) in [6, 6.07) is 11.8. The van der Waals surface area contributed by atoms with Crippen LogP contribution in [0.15, 0.2) is 47.6 Å². The lowest BCUT2D eigenvalue weighted by atomic mass is 9.98. The zero-order chi connectivity index (χ0) is 19.8. The number of halogens is 1. The summed E-state index contributed by atoms with van der Waals surface area (Å²) in [4.78, 5) is 22.2. The Kier molecular flexibility index (Phi) is 7.31. The van der Waals surface area contributed by atoms with Gasteiger partial charge in [0, 0.05) is 11.6 Å². The van der Waals surface area contributed by atoms with Crippen molar-refractivity contribution in [1.82, 2.24) is 5.43 Å². The Hall–Kier alpha value is -2.93. The number of hydrogen-bond donors (Lipinski definition) is 1. The van der Waals surface area contributed by atoms with E-state index >= 15 is 0 Å². The molecule has 0 spiro atoms. The molecule has 142 valence electrons. The fraction of sp³-hybridized carbons (Fsp3) is 0.263. The van der Waals surface area contributed by atoms with Crippen molar-refractivity contribution >= 4 is 29.4 Å². The standard InChI is InChI=1S/C19H20ClN3O4/c1-3-13(2)15-6-4-5-7-18(15)27-12-19(24)22-21-11-14-8-9-16(20)17(10-14)23(25)26/h4-11,13H,3,12H2,1-2H3,(H,22,24). The average Bonchev–Trinajstić information content (AvgIpc) is 2.67. The monoisotopic (exact) mass is 389 g/mol. The van der Waals surface area contributed by atoms with Gasteiger partial charge in [0.25, 0.3) is 11.6 Å². The highest BCUT2D eigenvalue weighted by molar-refractivity contribution is 6.32. The van der Waals surface area contributed by atoms with Crippen LogP contribution in [-0.4, -0.2) is 23.7 Å². The number of para-hydroxylation sites is 1. The third kappa shape index (κ3) is 5.79. The number of carbonyl (C=O) groups is 1. The van der Waals surface area contributed by atoms with Crippen molar-refractivity contribution in [3.05, 3.63) is 68.7 Å². The normalized spacial score (nSPS) is 12.0. The van der Waals surface area contributed by atoms with E-state index in [1.165, 1.54) is 18.3 Å². The Morgan fingerprint density at radius 1 is 1.37 bits per heavy atom. The number of rotatable bonds is 8. The molecule has 7 nitrogen and oxygen atoms in total. The van der Waals surface area contributed by atoms with Gasteiger partial charge in [-0.25, -0.2) is 5.43 Å². The van der Waals surface area contributed by atoms with Crippen LogP contribution in [0.3, 0.4) is 0 Å². The smallest absolute Gasteiger partial charge is 0.288 e. The van der Waals surface area contributed by atoms with Gasteiger partial charge in [0.05, 0.1) is 11.1 Å². The Bertz CT molecular complexity index is 855. The quantitative estimate of drug-likeness (QED) is 0.414. The number of nitro benzene ring substituents is 1. The summed E-state index contributed by atoms with van der Waals surface area (Å²) in [6.45, 7) is 3.99. The highest BCUT2D eigenvalue weighted by Crippen LogP contribution is 2.28. The molecule has 0 saturated heterocycles. The van der Waals surface area contributed by atoms with E-state index in [4.69, 9.17) is 16.3 Å². The van der Waals surface area contributed by atoms with Crippen LogP contribution in [0.5, 0.6) is 5.75 Å². The van der Waals surface area contributed by atoms with Crippen molar-refractivity contribution < 1.29 is 14.5 Å². The van der Waals surface area contributed by atoms with Gasteiger partial charge < -0.3 is 4.74 Å². The number of ether oxygens (including phenoxy) is 1. The zero-order valence-corrected chi connectivity index (χ0v) is 15.8. The van der Waals surface area contributed by atoms with Crippen LogP contribution in [0.4, 0.5) is 5.69 Å². The molecule has 2 aromatic carbocycles. The number of carbonyl (C=O) groups excluding carboxylic acids is 1. The Labute approximate surface area is 162 Å². The molecule has 0 aromatic heterocycles. The number of amides is 1. The van der Waals surface area contributed by atoms with Gasteiger partial charge in [0.2, 0.25) is 0 Å². The lowest BCUT2D eigenvalue weighted by molar-refractivity contribution is -0.384. The molecule has 0 aliphatic heterocycles. The minimum absolute atomic E-state index is 0.0366. The molecule has 1 N–H and O–H groups in total. The van der Waals surface area contributed by atoms with Gasteiger partial charge >= 0.3 is 0 Å². The molecule has 2 aromatic rings. The van der Waals surface area contributed by atoms with Gasteiger partial charge in [-0.3, -0.25) is 14.9 Å². The molecule has 1 unspecified atom stereocenters. The van der Waals surface area contributed by atoms with Crippen molar-refractivity contribution in [2.24, 2.45) is 5.10 Å². The molecule has 0 bridgehead atoms. The topological polar surface area (TPSA) is 93.8 Å². The van der Waals surface area contributed by atoms with E-state index in [-0.39, 0.29) is 17.3 Å². The summed E-state index contributed by atoms with van der Waals surface area (Å²) in [5, 5.41) is 14.7. The third-order valence-electron chi connectivity index (χ3n) is 3.99. The largest absolute Gasteiger partial charge is 0.483 e.